The zero-order valence-electron chi connectivity index (χ0n) is 14.3. The molecular weight excluding hydrogens is 369 g/mol. The van der Waals surface area contributed by atoms with Crippen LogP contribution in [0.4, 0.5) is 5.69 Å². The Kier molecular flexibility index (Phi) is 8.06. The number of nitrogens with zero attached hydrogens (tertiary/aromatic N) is 1. The van der Waals surface area contributed by atoms with Crippen LogP contribution in [0, 0.1) is 5.92 Å². The number of Topliss-reactive ketones (excluding diaryl/α,β-unsaturated/α-hetero) is 1. The molecule has 0 bridgehead atoms. The van der Waals surface area contributed by atoms with Gasteiger partial charge in [0.2, 0.25) is 0 Å². The van der Waals surface area contributed by atoms with E-state index in [0.29, 0.717) is 0 Å². The molecule has 0 fully saturated rings. The Balaban J connectivity index is 3.20. The first-order valence-corrected chi connectivity index (χ1v) is 8.34. The van der Waals surface area contributed by atoms with Crippen LogP contribution < -0.4 is 0 Å². The molecule has 0 heterocycles. The molecule has 0 saturated heterocycles. The molecule has 6 nitrogen and oxygen atoms in total. The number of rotatable bonds is 7. The highest BCUT2D eigenvalue weighted by Gasteiger charge is 2.23. The summed E-state index contributed by atoms with van der Waals surface area (Å²) >= 11 is 12.2. The van der Waals surface area contributed by atoms with E-state index in [1.54, 1.807) is 20.8 Å². The number of carbonyl (C=O) groups is 3. The van der Waals surface area contributed by atoms with Crippen molar-refractivity contribution in [3.05, 3.63) is 27.7 Å². The monoisotopic (exact) mass is 387 g/mol. The fourth-order valence-corrected chi connectivity index (χ4v) is 2.26. The molecule has 8 heteroatoms. The molecule has 0 amide bonds. The lowest BCUT2D eigenvalue weighted by Crippen LogP contribution is -2.25. The number of aliphatic imine (C=N–C) groups is 1. The van der Waals surface area contributed by atoms with Crippen LogP contribution in [0.25, 0.3) is 0 Å². The van der Waals surface area contributed by atoms with Gasteiger partial charge in [-0.05, 0) is 39.8 Å². The molecule has 1 atom stereocenters. The van der Waals surface area contributed by atoms with Crippen LogP contribution in [0.3, 0.4) is 0 Å². The van der Waals surface area contributed by atoms with Gasteiger partial charge in [0.1, 0.15) is 5.78 Å². The number of esters is 2. The van der Waals surface area contributed by atoms with Gasteiger partial charge in [-0.15, -0.1) is 0 Å². The predicted molar refractivity (Wildman–Crippen MR) is 96.0 cm³/mol. The van der Waals surface area contributed by atoms with Gasteiger partial charge >= 0.3 is 11.9 Å². The van der Waals surface area contributed by atoms with Crippen LogP contribution >= 0.6 is 23.2 Å². The summed E-state index contributed by atoms with van der Waals surface area (Å²) in [6.07, 6.45) is 0.788. The Labute approximate surface area is 156 Å². The third-order valence-electron chi connectivity index (χ3n) is 2.92. The molecular formula is C17H19Cl2NO5. The zero-order chi connectivity index (χ0) is 19.1. The van der Waals surface area contributed by atoms with E-state index in [-0.39, 0.29) is 34.0 Å². The average molecular weight is 388 g/mol. The molecule has 0 aliphatic rings. The summed E-state index contributed by atoms with van der Waals surface area (Å²) in [5, 5.41) is 0.222. The van der Waals surface area contributed by atoms with E-state index in [2.05, 4.69) is 4.99 Å². The second-order valence-electron chi connectivity index (χ2n) is 5.36. The van der Waals surface area contributed by atoms with Crippen molar-refractivity contribution >= 4 is 52.8 Å². The highest BCUT2D eigenvalue weighted by atomic mass is 35.5. The van der Waals surface area contributed by atoms with Crippen LogP contribution in [0.5, 0.6) is 0 Å². The van der Waals surface area contributed by atoms with E-state index < -0.39 is 23.6 Å². The SMILES string of the molecule is CCOC(=O)C(C=Nc1cc(Cl)cc(C(=O)OC(C)C)c1Cl)C(C)=O. The van der Waals surface area contributed by atoms with E-state index in [0.717, 1.165) is 6.21 Å². The van der Waals surface area contributed by atoms with Crippen LogP contribution in [-0.2, 0) is 19.1 Å². The molecule has 1 rings (SSSR count). The quantitative estimate of drug-likeness (QED) is 0.400. The zero-order valence-corrected chi connectivity index (χ0v) is 15.9. The van der Waals surface area contributed by atoms with Crippen molar-refractivity contribution in [2.75, 3.05) is 6.61 Å². The van der Waals surface area contributed by atoms with Crippen LogP contribution in [0.1, 0.15) is 38.1 Å². The summed E-state index contributed by atoms with van der Waals surface area (Å²) in [7, 11) is 0. The van der Waals surface area contributed by atoms with E-state index >= 15 is 0 Å². The molecule has 25 heavy (non-hydrogen) atoms. The molecule has 0 aliphatic heterocycles. The Bertz CT molecular complexity index is 701. The lowest BCUT2D eigenvalue weighted by atomic mass is 10.1. The standard InChI is InChI=1S/C17H19Cl2NO5/c1-5-24-16(22)13(10(4)21)8-20-14-7-11(18)6-12(15(14)19)17(23)25-9(2)3/h6-9,13H,5H2,1-4H3. The van der Waals surface area contributed by atoms with Gasteiger partial charge in [0.15, 0.2) is 5.92 Å². The number of carbonyl (C=O) groups excluding carboxylic acids is 3. The minimum atomic E-state index is -1.17. The van der Waals surface area contributed by atoms with Crippen LogP contribution in [0.15, 0.2) is 17.1 Å². The maximum atomic E-state index is 12.1. The first-order valence-electron chi connectivity index (χ1n) is 7.58. The molecule has 0 saturated carbocycles. The van der Waals surface area contributed by atoms with Gasteiger partial charge in [-0.25, -0.2) is 4.79 Å². The van der Waals surface area contributed by atoms with Crippen molar-refractivity contribution in [2.24, 2.45) is 10.9 Å². The van der Waals surface area contributed by atoms with Crippen LogP contribution in [0.2, 0.25) is 10.0 Å². The minimum absolute atomic E-state index is 0.0115. The van der Waals surface area contributed by atoms with Crippen molar-refractivity contribution in [3.63, 3.8) is 0 Å². The van der Waals surface area contributed by atoms with Gasteiger partial charge in [0.05, 0.1) is 29.0 Å². The van der Waals surface area contributed by atoms with Gasteiger partial charge in [-0.2, -0.15) is 0 Å². The summed E-state index contributed by atoms with van der Waals surface area (Å²) in [6, 6.07) is 2.77. The van der Waals surface area contributed by atoms with E-state index in [4.69, 9.17) is 32.7 Å². The van der Waals surface area contributed by atoms with Crippen molar-refractivity contribution < 1.29 is 23.9 Å². The number of ether oxygens (including phenoxy) is 2. The Morgan fingerprint density at radius 3 is 2.40 bits per heavy atom. The third-order valence-corrected chi connectivity index (χ3v) is 3.54. The molecule has 1 aromatic carbocycles. The van der Waals surface area contributed by atoms with Crippen molar-refractivity contribution in [3.8, 4) is 0 Å². The lowest BCUT2D eigenvalue weighted by molar-refractivity contribution is -0.148. The Morgan fingerprint density at radius 1 is 1.24 bits per heavy atom. The molecule has 0 aromatic heterocycles. The van der Waals surface area contributed by atoms with Gasteiger partial charge in [-0.1, -0.05) is 23.2 Å². The number of hydrogen-bond acceptors (Lipinski definition) is 6. The topological polar surface area (TPSA) is 82.0 Å². The summed E-state index contributed by atoms with van der Waals surface area (Å²) in [6.45, 7) is 6.42. The second-order valence-corrected chi connectivity index (χ2v) is 6.17. The van der Waals surface area contributed by atoms with E-state index in [1.165, 1.54) is 19.1 Å². The molecule has 0 spiro atoms. The third kappa shape index (κ3) is 6.14. The van der Waals surface area contributed by atoms with Gasteiger partial charge < -0.3 is 9.47 Å². The molecule has 0 N–H and O–H groups in total. The second kappa shape index (κ2) is 9.53. The lowest BCUT2D eigenvalue weighted by Gasteiger charge is -2.11. The Morgan fingerprint density at radius 2 is 1.88 bits per heavy atom. The average Bonchev–Trinajstić information content (AvgIpc) is 2.49. The maximum Gasteiger partial charge on any atom is 0.340 e. The van der Waals surface area contributed by atoms with E-state index in [9.17, 15) is 14.4 Å². The molecule has 0 aliphatic carbocycles. The van der Waals surface area contributed by atoms with Crippen molar-refractivity contribution in [2.45, 2.75) is 33.8 Å². The summed E-state index contributed by atoms with van der Waals surface area (Å²) < 4.78 is 9.93. The van der Waals surface area contributed by atoms with Gasteiger partial charge in [-0.3, -0.25) is 14.6 Å². The minimum Gasteiger partial charge on any atom is -0.465 e. The first-order chi connectivity index (χ1) is 11.7. The first kappa shape index (κ1) is 21.1. The van der Waals surface area contributed by atoms with Crippen molar-refractivity contribution in [1.82, 2.24) is 0 Å². The number of ketones is 1. The number of benzene rings is 1. The smallest absolute Gasteiger partial charge is 0.340 e. The summed E-state index contributed by atoms with van der Waals surface area (Å²) in [4.78, 5) is 39.5. The fourth-order valence-electron chi connectivity index (χ4n) is 1.81. The molecule has 1 aromatic rings. The largest absolute Gasteiger partial charge is 0.465 e. The Hall–Kier alpha value is -1.92. The number of halogens is 2. The highest BCUT2D eigenvalue weighted by Crippen LogP contribution is 2.33. The van der Waals surface area contributed by atoms with Gasteiger partial charge in [0.25, 0.3) is 0 Å². The molecule has 0 radical (unpaired) electrons. The summed E-state index contributed by atoms with van der Waals surface area (Å²) in [5.41, 5.74) is 0.186. The molecule has 1 unspecified atom stereocenters. The fraction of sp³-hybridized carbons (Fsp3) is 0.412. The normalized spacial score (nSPS) is 12.3. The van der Waals surface area contributed by atoms with Crippen LogP contribution in [-0.4, -0.2) is 36.6 Å². The van der Waals surface area contributed by atoms with E-state index in [1.807, 2.05) is 0 Å². The summed E-state index contributed by atoms with van der Waals surface area (Å²) in [5.74, 6) is -2.95. The van der Waals surface area contributed by atoms with Gasteiger partial charge in [0, 0.05) is 11.2 Å². The van der Waals surface area contributed by atoms with Crippen molar-refractivity contribution in [1.29, 1.82) is 0 Å². The number of hydrogen-bond donors (Lipinski definition) is 0. The predicted octanol–water partition coefficient (Wildman–Crippen LogP) is 4.03. The molecule has 136 valence electrons. The highest BCUT2D eigenvalue weighted by molar-refractivity contribution is 6.38. The maximum absolute atomic E-state index is 12.1.